The molecular weight excluding hydrogens is 1180 g/mol. The summed E-state index contributed by atoms with van der Waals surface area (Å²) in [5.74, 6) is 0. The van der Waals surface area contributed by atoms with Gasteiger partial charge >= 0.3 is 0 Å². The van der Waals surface area contributed by atoms with Crippen molar-refractivity contribution >= 4 is 132 Å². The van der Waals surface area contributed by atoms with Crippen LogP contribution in [0.15, 0.2) is 279 Å². The minimum atomic E-state index is -0.263. The van der Waals surface area contributed by atoms with Gasteiger partial charge in [-0.3, -0.25) is 0 Å². The van der Waals surface area contributed by atoms with E-state index >= 15 is 0 Å². The van der Waals surface area contributed by atoms with Crippen LogP contribution < -0.4 is 26.2 Å². The fourth-order valence-electron chi connectivity index (χ4n) is 15.8. The first-order valence-corrected chi connectivity index (χ1v) is 34.7. The van der Waals surface area contributed by atoms with Crippen molar-refractivity contribution in [2.75, 3.05) is 9.80 Å². The lowest BCUT2D eigenvalue weighted by atomic mass is 9.33. The fraction of sp³-hybridized carbons (Fsp3) is 0.133. The van der Waals surface area contributed by atoms with Gasteiger partial charge in [0.05, 0.1) is 38.1 Å². The second kappa shape index (κ2) is 21.4. The number of hydrogen-bond donors (Lipinski definition) is 0. The van der Waals surface area contributed by atoms with Crippen LogP contribution in [0, 0.1) is 0 Å². The van der Waals surface area contributed by atoms with Crippen LogP contribution in [0.1, 0.15) is 79.0 Å². The van der Waals surface area contributed by atoms with E-state index in [4.69, 9.17) is 0 Å². The molecule has 2 aliphatic rings. The lowest BCUT2D eigenvalue weighted by Crippen LogP contribution is -2.61. The third-order valence-electron chi connectivity index (χ3n) is 20.7. The summed E-state index contributed by atoms with van der Waals surface area (Å²) in [6.45, 7) is 21.1. The van der Waals surface area contributed by atoms with Gasteiger partial charge in [-0.05, 0) is 150 Å². The Bertz CT molecular complexity index is 5760. The van der Waals surface area contributed by atoms with Gasteiger partial charge in [0.2, 0.25) is 0 Å². The summed E-state index contributed by atoms with van der Waals surface area (Å²) in [4.78, 5) is 5.39. The van der Waals surface area contributed by atoms with E-state index in [2.05, 4.69) is 360 Å². The smallest absolute Gasteiger partial charge is 0.252 e. The lowest BCUT2D eigenvalue weighted by Gasteiger charge is -2.46. The molecular formula is C90H73BN4S. The van der Waals surface area contributed by atoms with Crippen LogP contribution in [0.2, 0.25) is 0 Å². The molecule has 2 aliphatic heterocycles. The van der Waals surface area contributed by atoms with Crippen molar-refractivity contribution in [3.63, 3.8) is 0 Å². The maximum Gasteiger partial charge on any atom is 0.252 e. The summed E-state index contributed by atoms with van der Waals surface area (Å²) in [6, 6.07) is 106. The van der Waals surface area contributed by atoms with E-state index in [-0.39, 0.29) is 23.0 Å². The number of thiophene rings is 1. The van der Waals surface area contributed by atoms with Gasteiger partial charge in [-0.2, -0.15) is 0 Å². The van der Waals surface area contributed by atoms with Crippen LogP contribution in [-0.4, -0.2) is 15.8 Å². The predicted octanol–water partition coefficient (Wildman–Crippen LogP) is 23.2. The summed E-state index contributed by atoms with van der Waals surface area (Å²) in [5, 5.41) is 7.49. The van der Waals surface area contributed by atoms with Gasteiger partial charge in [0.1, 0.15) is 0 Å². The van der Waals surface area contributed by atoms with Crippen molar-refractivity contribution in [1.82, 2.24) is 9.13 Å². The summed E-state index contributed by atoms with van der Waals surface area (Å²) >= 11 is 1.91. The lowest BCUT2D eigenvalue weighted by molar-refractivity contribution is 0.569. The molecule has 0 N–H and O–H groups in total. The summed E-state index contributed by atoms with van der Waals surface area (Å²) in [6.07, 6.45) is 0. The highest BCUT2D eigenvalue weighted by Crippen LogP contribution is 2.54. The second-order valence-corrected chi connectivity index (χ2v) is 30.8. The molecule has 13 aromatic carbocycles. The van der Waals surface area contributed by atoms with E-state index < -0.39 is 0 Å². The normalized spacial score (nSPS) is 13.2. The standard InChI is InChI=1S/C90H73BN4S/c1-88(2,3)60-47-59(48-61(50-60)89(4,5)6)58-43-45-73-80(49-58)94(77-41-26-38-70-69-35-21-24-42-84(69)96-87(70)77)82-51-62(90(7,8)9)52-83-85(82)91(73)74-46-44-64(53-81(74)95(83)86-65(56-27-13-10-14-28-56)36-25-37-66(86)57-29-15-11-16-30-57)93-76-40-23-20-34-68(76)72-54-71-67-33-19-22-39-75(67)92(78(71)55-79(72)93)63-31-17-12-18-32-63/h10-55H,1-9H3. The summed E-state index contributed by atoms with van der Waals surface area (Å²) in [5.41, 5.74) is 28.5. The van der Waals surface area contributed by atoms with Gasteiger partial charge in [0, 0.05) is 82.3 Å². The van der Waals surface area contributed by atoms with Gasteiger partial charge in [-0.25, -0.2) is 0 Å². The minimum absolute atomic E-state index is 0.0601. The van der Waals surface area contributed by atoms with E-state index in [1.165, 1.54) is 120 Å². The van der Waals surface area contributed by atoms with Gasteiger partial charge in [0.15, 0.2) is 0 Å². The van der Waals surface area contributed by atoms with Crippen molar-refractivity contribution in [2.45, 2.75) is 78.6 Å². The Balaban J connectivity index is 0.981. The van der Waals surface area contributed by atoms with E-state index in [9.17, 15) is 0 Å². The van der Waals surface area contributed by atoms with E-state index in [1.54, 1.807) is 0 Å². The fourth-order valence-corrected chi connectivity index (χ4v) is 17.1. The number of fused-ring (bicyclic) bond motifs is 13. The van der Waals surface area contributed by atoms with E-state index in [0.29, 0.717) is 0 Å². The maximum absolute atomic E-state index is 2.71. The third kappa shape index (κ3) is 9.02. The predicted molar refractivity (Wildman–Crippen MR) is 414 cm³/mol. The molecule has 0 unspecified atom stereocenters. The molecule has 0 bridgehead atoms. The second-order valence-electron chi connectivity index (χ2n) is 29.7. The monoisotopic (exact) mass is 1250 g/mol. The highest BCUT2D eigenvalue weighted by molar-refractivity contribution is 7.26. The van der Waals surface area contributed by atoms with E-state index in [1.807, 2.05) is 11.3 Å². The van der Waals surface area contributed by atoms with Crippen LogP contribution in [0.5, 0.6) is 0 Å². The number of aromatic nitrogens is 2. The SMILES string of the molecule is CC(C)(C)c1cc(-c2ccc3c(c2)N(c2cccc4c2sc2ccccc24)c2cc(C(C)(C)C)cc4c2B3c2ccc(-n3c5ccccc5c5cc6c7ccccc7n(-c7ccccc7)c6cc53)cc2N4c2c(-c3ccccc3)cccc2-c2ccccc2)cc(C(C)(C)C)c1. The number of anilines is 6. The molecule has 0 radical (unpaired) electrons. The Kier molecular flexibility index (Phi) is 12.9. The highest BCUT2D eigenvalue weighted by Gasteiger charge is 2.46. The summed E-state index contributed by atoms with van der Waals surface area (Å²) in [7, 11) is 0. The molecule has 5 heterocycles. The molecule has 4 nitrogen and oxygen atoms in total. The molecule has 18 rings (SSSR count). The van der Waals surface area contributed by atoms with Gasteiger partial charge in [-0.1, -0.05) is 263 Å². The molecule has 462 valence electrons. The molecule has 0 atom stereocenters. The van der Waals surface area contributed by atoms with Crippen LogP contribution in [0.3, 0.4) is 0 Å². The van der Waals surface area contributed by atoms with Crippen LogP contribution in [0.4, 0.5) is 34.1 Å². The minimum Gasteiger partial charge on any atom is -0.310 e. The number of rotatable bonds is 7. The Hall–Kier alpha value is -10.7. The Morgan fingerprint density at radius 3 is 1.39 bits per heavy atom. The Morgan fingerprint density at radius 1 is 0.292 bits per heavy atom. The average molecular weight is 1250 g/mol. The first kappa shape index (κ1) is 58.0. The van der Waals surface area contributed by atoms with Crippen molar-refractivity contribution in [2.24, 2.45) is 0 Å². The van der Waals surface area contributed by atoms with Crippen LogP contribution >= 0.6 is 11.3 Å². The maximum atomic E-state index is 2.71. The zero-order valence-corrected chi connectivity index (χ0v) is 56.6. The van der Waals surface area contributed by atoms with Crippen molar-refractivity contribution in [3.8, 4) is 44.8 Å². The van der Waals surface area contributed by atoms with Crippen LogP contribution in [0.25, 0.3) is 109 Å². The molecule has 6 heteroatoms. The molecule has 96 heavy (non-hydrogen) atoms. The zero-order valence-electron chi connectivity index (χ0n) is 55.8. The van der Waals surface area contributed by atoms with Gasteiger partial charge in [-0.15, -0.1) is 11.3 Å². The largest absolute Gasteiger partial charge is 0.310 e. The number of nitrogens with zero attached hydrogens (tertiary/aromatic N) is 4. The van der Waals surface area contributed by atoms with Gasteiger partial charge in [0.25, 0.3) is 6.71 Å². The summed E-state index contributed by atoms with van der Waals surface area (Å²) < 4.78 is 7.57. The third-order valence-corrected chi connectivity index (χ3v) is 21.9. The zero-order chi connectivity index (χ0) is 65.1. The molecule has 0 amide bonds. The van der Waals surface area contributed by atoms with Crippen molar-refractivity contribution < 1.29 is 0 Å². The highest BCUT2D eigenvalue weighted by atomic mass is 32.1. The first-order valence-electron chi connectivity index (χ1n) is 33.9. The first-order chi connectivity index (χ1) is 46.5. The average Bonchev–Trinajstić information content (AvgIpc) is 0.823. The molecule has 0 spiro atoms. The molecule has 0 aliphatic carbocycles. The number of para-hydroxylation sites is 4. The molecule has 16 aromatic rings. The van der Waals surface area contributed by atoms with E-state index in [0.717, 1.165) is 56.0 Å². The van der Waals surface area contributed by atoms with Crippen molar-refractivity contribution in [3.05, 3.63) is 296 Å². The van der Waals surface area contributed by atoms with Crippen LogP contribution in [-0.2, 0) is 16.2 Å². The molecule has 3 aromatic heterocycles. The Morgan fingerprint density at radius 2 is 0.781 bits per heavy atom. The topological polar surface area (TPSA) is 16.3 Å². The molecule has 0 saturated heterocycles. The number of hydrogen-bond acceptors (Lipinski definition) is 3. The van der Waals surface area contributed by atoms with Crippen molar-refractivity contribution in [1.29, 1.82) is 0 Å². The Labute approximate surface area is 566 Å². The number of benzene rings is 13. The molecule has 0 fully saturated rings. The quantitative estimate of drug-likeness (QED) is 0.148. The van der Waals surface area contributed by atoms with Gasteiger partial charge < -0.3 is 18.9 Å². The molecule has 0 saturated carbocycles.